The van der Waals surface area contributed by atoms with E-state index in [9.17, 15) is 13.2 Å². The number of hydrogen-bond donors (Lipinski definition) is 4. The van der Waals surface area contributed by atoms with Crippen LogP contribution in [0.15, 0.2) is 52.4 Å². The zero-order chi connectivity index (χ0) is 25.0. The van der Waals surface area contributed by atoms with E-state index in [1.807, 2.05) is 0 Å². The van der Waals surface area contributed by atoms with E-state index >= 15 is 0 Å². The lowest BCUT2D eigenvalue weighted by Crippen LogP contribution is -2.28. The smallest absolute Gasteiger partial charge is 0.261 e. The van der Waals surface area contributed by atoms with Crippen LogP contribution in [0.5, 0.6) is 0 Å². The van der Waals surface area contributed by atoms with Gasteiger partial charge in [-0.05, 0) is 58.4 Å². The summed E-state index contributed by atoms with van der Waals surface area (Å²) in [6, 6.07) is 11.7. The molecule has 2 aromatic rings. The van der Waals surface area contributed by atoms with Gasteiger partial charge in [-0.25, -0.2) is 8.42 Å². The van der Waals surface area contributed by atoms with Gasteiger partial charge in [-0.1, -0.05) is 47.6 Å². The van der Waals surface area contributed by atoms with Crippen molar-refractivity contribution in [2.45, 2.75) is 57.3 Å². The van der Waals surface area contributed by atoms with Crippen molar-refractivity contribution in [2.75, 3.05) is 17.8 Å². The molecule has 0 aliphatic rings. The Morgan fingerprint density at radius 2 is 1.41 bits per heavy atom. The topological polar surface area (TPSA) is 140 Å². The molecule has 0 fully saturated rings. The molecule has 0 aliphatic carbocycles. The van der Waals surface area contributed by atoms with Crippen LogP contribution in [-0.2, 0) is 20.9 Å². The van der Waals surface area contributed by atoms with Gasteiger partial charge in [-0.2, -0.15) is 0 Å². The van der Waals surface area contributed by atoms with E-state index < -0.39 is 10.0 Å². The number of halogens is 1. The van der Waals surface area contributed by atoms with Crippen LogP contribution in [0.3, 0.4) is 0 Å². The van der Waals surface area contributed by atoms with Crippen molar-refractivity contribution in [3.63, 3.8) is 0 Å². The number of amides is 1. The quantitative estimate of drug-likeness (QED) is 0.257. The molecular formula is C24H36ClN5O3S. The van der Waals surface area contributed by atoms with Gasteiger partial charge >= 0.3 is 0 Å². The Morgan fingerprint density at radius 3 is 1.85 bits per heavy atom. The Kier molecular flexibility index (Phi) is 9.55. The molecule has 2 rings (SSSR count). The molecule has 0 saturated carbocycles. The number of nitrogens with one attached hydrogen (secondary N) is 2. The van der Waals surface area contributed by atoms with Crippen LogP contribution in [0.25, 0.3) is 0 Å². The van der Waals surface area contributed by atoms with Crippen LogP contribution in [-0.4, -0.2) is 33.4 Å². The number of anilines is 1. The summed E-state index contributed by atoms with van der Waals surface area (Å²) in [4.78, 5) is 16.2. The molecule has 0 atom stereocenters. The molecule has 2 aromatic carbocycles. The van der Waals surface area contributed by atoms with Crippen molar-refractivity contribution in [3.05, 3.63) is 59.2 Å². The Morgan fingerprint density at radius 1 is 0.912 bits per heavy atom. The first-order valence-electron chi connectivity index (χ1n) is 10.7. The Hall–Kier alpha value is -2.78. The lowest BCUT2D eigenvalue weighted by Gasteiger charge is -2.26. The minimum absolute atomic E-state index is 0. The molecule has 34 heavy (non-hydrogen) atoms. The standard InChI is InChI=1S/C24H35N5O3S.ClH/c1-23(2,3)17-13-18(24(4,5)6)15-20(14-17)33(31,32)29-19-9-7-16(8-10-19)21(30)27-11-12-28-22(25)26;/h7-10,13-15,29H,11-12H2,1-6H3,(H,27,30)(H4,25,26,28);1H. The van der Waals surface area contributed by atoms with Crippen molar-refractivity contribution in [1.29, 1.82) is 0 Å². The number of benzene rings is 2. The highest BCUT2D eigenvalue weighted by Gasteiger charge is 2.24. The Balaban J connectivity index is 0.00000578. The van der Waals surface area contributed by atoms with Crippen molar-refractivity contribution in [2.24, 2.45) is 16.5 Å². The largest absolute Gasteiger partial charge is 0.370 e. The van der Waals surface area contributed by atoms with Gasteiger partial charge in [0, 0.05) is 17.8 Å². The van der Waals surface area contributed by atoms with Crippen molar-refractivity contribution in [3.8, 4) is 0 Å². The Labute approximate surface area is 209 Å². The fourth-order valence-corrected chi connectivity index (χ4v) is 4.11. The fourth-order valence-electron chi connectivity index (χ4n) is 2.98. The highest BCUT2D eigenvalue weighted by atomic mass is 35.5. The summed E-state index contributed by atoms with van der Waals surface area (Å²) in [5.74, 6) is -0.341. The average Bonchev–Trinajstić information content (AvgIpc) is 2.69. The van der Waals surface area contributed by atoms with Crippen LogP contribution in [0.2, 0.25) is 0 Å². The summed E-state index contributed by atoms with van der Waals surface area (Å²) in [5.41, 5.74) is 12.7. The molecule has 0 aromatic heterocycles. The maximum atomic E-state index is 13.2. The van der Waals surface area contributed by atoms with Crippen LogP contribution >= 0.6 is 12.4 Å². The van der Waals surface area contributed by atoms with Gasteiger partial charge in [0.05, 0.1) is 11.4 Å². The van der Waals surface area contributed by atoms with Crippen LogP contribution in [0.4, 0.5) is 5.69 Å². The van der Waals surface area contributed by atoms with E-state index in [4.69, 9.17) is 11.5 Å². The van der Waals surface area contributed by atoms with Gasteiger partial charge in [0.25, 0.3) is 15.9 Å². The van der Waals surface area contributed by atoms with Gasteiger partial charge < -0.3 is 16.8 Å². The van der Waals surface area contributed by atoms with Gasteiger partial charge in [0.1, 0.15) is 0 Å². The third-order valence-electron chi connectivity index (χ3n) is 5.04. The van der Waals surface area contributed by atoms with E-state index in [1.54, 1.807) is 36.4 Å². The SMILES string of the molecule is CC(C)(C)c1cc(C(C)(C)C)cc(S(=O)(=O)Nc2ccc(C(=O)NCCN=C(N)N)cc2)c1.Cl. The molecule has 0 radical (unpaired) electrons. The summed E-state index contributed by atoms with van der Waals surface area (Å²) >= 11 is 0. The number of guanidine groups is 1. The maximum absolute atomic E-state index is 13.2. The highest BCUT2D eigenvalue weighted by Crippen LogP contribution is 2.32. The summed E-state index contributed by atoms with van der Waals surface area (Å²) in [6.45, 7) is 12.9. The number of nitrogens with two attached hydrogens (primary N) is 2. The van der Waals surface area contributed by atoms with E-state index in [-0.39, 0.29) is 53.1 Å². The predicted octanol–water partition coefficient (Wildman–Crippen LogP) is 3.51. The van der Waals surface area contributed by atoms with Crippen LogP contribution in [0.1, 0.15) is 63.0 Å². The average molecular weight is 510 g/mol. The van der Waals surface area contributed by atoms with E-state index in [0.717, 1.165) is 11.1 Å². The van der Waals surface area contributed by atoms with Gasteiger partial charge in [0.15, 0.2) is 5.96 Å². The number of aliphatic imine (C=N–C) groups is 1. The number of carbonyl (C=O) groups is 1. The number of rotatable bonds is 7. The number of hydrogen-bond acceptors (Lipinski definition) is 4. The molecule has 10 heteroatoms. The van der Waals surface area contributed by atoms with E-state index in [2.05, 4.69) is 62.6 Å². The third-order valence-corrected chi connectivity index (χ3v) is 6.40. The second kappa shape index (κ2) is 11.1. The lowest BCUT2D eigenvalue weighted by atomic mass is 9.81. The Bertz CT molecular complexity index is 1100. The maximum Gasteiger partial charge on any atom is 0.261 e. The second-order valence-corrected chi connectivity index (χ2v) is 11.7. The predicted molar refractivity (Wildman–Crippen MR) is 141 cm³/mol. The highest BCUT2D eigenvalue weighted by molar-refractivity contribution is 7.92. The molecular weight excluding hydrogens is 474 g/mol. The molecule has 6 N–H and O–H groups in total. The number of nitrogens with zero attached hydrogens (tertiary/aromatic N) is 1. The van der Waals surface area contributed by atoms with Crippen LogP contribution in [0, 0.1) is 0 Å². The first-order valence-corrected chi connectivity index (χ1v) is 12.2. The molecule has 0 saturated heterocycles. The molecule has 1 amide bonds. The summed E-state index contributed by atoms with van der Waals surface area (Å²) in [5, 5.41) is 2.69. The first kappa shape index (κ1) is 29.3. The molecule has 8 nitrogen and oxygen atoms in total. The zero-order valence-electron chi connectivity index (χ0n) is 20.6. The summed E-state index contributed by atoms with van der Waals surface area (Å²) < 4.78 is 29.0. The summed E-state index contributed by atoms with van der Waals surface area (Å²) in [6.07, 6.45) is 0. The minimum Gasteiger partial charge on any atom is -0.370 e. The molecule has 0 aliphatic heterocycles. The van der Waals surface area contributed by atoms with Crippen molar-refractivity contribution < 1.29 is 13.2 Å². The monoisotopic (exact) mass is 509 g/mol. The molecule has 0 unspecified atom stereocenters. The fraction of sp³-hybridized carbons (Fsp3) is 0.417. The van der Waals surface area contributed by atoms with Crippen molar-refractivity contribution in [1.82, 2.24) is 5.32 Å². The normalized spacial score (nSPS) is 11.8. The third kappa shape index (κ3) is 8.22. The van der Waals surface area contributed by atoms with Gasteiger partial charge in [-0.3, -0.25) is 14.5 Å². The van der Waals surface area contributed by atoms with E-state index in [1.165, 1.54) is 0 Å². The molecule has 0 heterocycles. The summed E-state index contributed by atoms with van der Waals surface area (Å²) in [7, 11) is -3.83. The first-order chi connectivity index (χ1) is 15.1. The lowest BCUT2D eigenvalue weighted by molar-refractivity contribution is 0.0955. The number of sulfonamides is 1. The molecule has 0 spiro atoms. The molecule has 188 valence electrons. The van der Waals surface area contributed by atoms with Crippen molar-refractivity contribution >= 4 is 40.0 Å². The minimum atomic E-state index is -3.83. The van der Waals surface area contributed by atoms with Crippen LogP contribution < -0.4 is 21.5 Å². The second-order valence-electron chi connectivity index (χ2n) is 9.99. The van der Waals surface area contributed by atoms with Gasteiger partial charge in [0.2, 0.25) is 0 Å². The zero-order valence-corrected chi connectivity index (χ0v) is 22.2. The van der Waals surface area contributed by atoms with E-state index in [0.29, 0.717) is 11.3 Å². The number of carbonyl (C=O) groups excluding carboxylic acids is 1. The van der Waals surface area contributed by atoms with Gasteiger partial charge in [-0.15, -0.1) is 12.4 Å². The molecule has 0 bridgehead atoms.